The third kappa shape index (κ3) is 5.25. The summed E-state index contributed by atoms with van der Waals surface area (Å²) in [5.74, 6) is 0.0587. The van der Waals surface area contributed by atoms with Gasteiger partial charge in [-0.2, -0.15) is 0 Å². The maximum Gasteiger partial charge on any atom is 0.232 e. The van der Waals surface area contributed by atoms with Gasteiger partial charge in [0.05, 0.1) is 11.4 Å². The molecule has 0 saturated heterocycles. The fraction of sp³-hybridized carbons (Fsp3) is 0.400. The second kappa shape index (κ2) is 6.58. The lowest BCUT2D eigenvalue weighted by Crippen LogP contribution is -2.17. The Bertz CT molecular complexity index is 479. The molecule has 0 heterocycles. The molecule has 0 unspecified atom stereocenters. The molecular weight excluding hydrogens is 328 g/mol. The van der Waals surface area contributed by atoms with Crippen molar-refractivity contribution in [3.8, 4) is 0 Å². The minimum absolute atomic E-state index is 0.0587. The van der Waals surface area contributed by atoms with Crippen LogP contribution in [-0.2, 0) is 10.0 Å². The standard InChI is InChI=1S/C10H14BrClN2O2S/c11-9-4-3-8(12)7-10(9)14-17(15,16)6-2-1-5-13/h3-4,7,14H,1-2,5-6,13H2. The maximum atomic E-state index is 11.7. The van der Waals surface area contributed by atoms with Crippen molar-refractivity contribution >= 4 is 43.2 Å². The Labute approximate surface area is 115 Å². The molecule has 0 fully saturated rings. The van der Waals surface area contributed by atoms with Crippen LogP contribution in [0.15, 0.2) is 22.7 Å². The third-order valence-corrected chi connectivity index (χ3v) is 4.34. The maximum absolute atomic E-state index is 11.7. The second-order valence-corrected chi connectivity index (χ2v) is 6.67. The summed E-state index contributed by atoms with van der Waals surface area (Å²) in [4.78, 5) is 0. The molecule has 0 aliphatic rings. The summed E-state index contributed by atoms with van der Waals surface area (Å²) in [5.41, 5.74) is 5.76. The van der Waals surface area contributed by atoms with Crippen molar-refractivity contribution in [3.05, 3.63) is 27.7 Å². The van der Waals surface area contributed by atoms with Crippen LogP contribution in [0.4, 0.5) is 5.69 Å². The van der Waals surface area contributed by atoms with E-state index < -0.39 is 10.0 Å². The van der Waals surface area contributed by atoms with Gasteiger partial charge in [-0.1, -0.05) is 11.6 Å². The summed E-state index contributed by atoms with van der Waals surface area (Å²) in [6, 6.07) is 4.93. The van der Waals surface area contributed by atoms with E-state index in [0.717, 1.165) is 0 Å². The molecule has 0 radical (unpaired) electrons. The van der Waals surface area contributed by atoms with E-state index in [0.29, 0.717) is 34.6 Å². The summed E-state index contributed by atoms with van der Waals surface area (Å²) in [6.07, 6.45) is 1.24. The SMILES string of the molecule is NCCCCS(=O)(=O)Nc1cc(Cl)ccc1Br. The average Bonchev–Trinajstić information content (AvgIpc) is 2.23. The highest BCUT2D eigenvalue weighted by atomic mass is 79.9. The van der Waals surface area contributed by atoms with Crippen LogP contribution in [0, 0.1) is 0 Å². The fourth-order valence-electron chi connectivity index (χ4n) is 1.23. The number of hydrogen-bond acceptors (Lipinski definition) is 3. The largest absolute Gasteiger partial charge is 0.330 e. The first-order valence-corrected chi connectivity index (χ1v) is 7.92. The van der Waals surface area contributed by atoms with Crippen molar-refractivity contribution in [2.24, 2.45) is 5.73 Å². The highest BCUT2D eigenvalue weighted by Crippen LogP contribution is 2.26. The van der Waals surface area contributed by atoms with Crippen LogP contribution in [0.1, 0.15) is 12.8 Å². The second-order valence-electron chi connectivity index (χ2n) is 3.54. The Kier molecular flexibility index (Phi) is 5.72. The minimum atomic E-state index is -3.34. The number of nitrogens with two attached hydrogens (primary N) is 1. The van der Waals surface area contributed by atoms with Gasteiger partial charge in [-0.25, -0.2) is 8.42 Å². The molecule has 0 spiro atoms. The molecule has 1 aromatic rings. The van der Waals surface area contributed by atoms with E-state index in [1.807, 2.05) is 0 Å². The molecular formula is C10H14BrClN2O2S. The zero-order valence-corrected chi connectivity index (χ0v) is 12.3. The molecule has 7 heteroatoms. The summed E-state index contributed by atoms with van der Waals surface area (Å²) < 4.78 is 26.6. The molecule has 0 bridgehead atoms. The lowest BCUT2D eigenvalue weighted by molar-refractivity contribution is 0.597. The molecule has 17 heavy (non-hydrogen) atoms. The predicted octanol–water partition coefficient (Wildman–Crippen LogP) is 2.58. The van der Waals surface area contributed by atoms with Crippen molar-refractivity contribution in [2.75, 3.05) is 17.0 Å². The zero-order valence-electron chi connectivity index (χ0n) is 9.12. The molecule has 1 aromatic carbocycles. The van der Waals surface area contributed by atoms with Crippen molar-refractivity contribution in [1.29, 1.82) is 0 Å². The first-order valence-electron chi connectivity index (χ1n) is 5.10. The van der Waals surface area contributed by atoms with Gasteiger partial charge in [0.1, 0.15) is 0 Å². The Morgan fingerprint density at radius 2 is 2.06 bits per heavy atom. The first-order chi connectivity index (χ1) is 7.94. The van der Waals surface area contributed by atoms with Crippen molar-refractivity contribution in [1.82, 2.24) is 0 Å². The molecule has 0 aliphatic carbocycles. The van der Waals surface area contributed by atoms with E-state index in [4.69, 9.17) is 17.3 Å². The van der Waals surface area contributed by atoms with E-state index in [9.17, 15) is 8.42 Å². The highest BCUT2D eigenvalue weighted by molar-refractivity contribution is 9.10. The molecule has 0 aliphatic heterocycles. The minimum Gasteiger partial charge on any atom is -0.330 e. The zero-order chi connectivity index (χ0) is 12.9. The fourth-order valence-corrected chi connectivity index (χ4v) is 3.07. The van der Waals surface area contributed by atoms with Crippen LogP contribution < -0.4 is 10.5 Å². The van der Waals surface area contributed by atoms with Crippen LogP contribution in [0.3, 0.4) is 0 Å². The third-order valence-electron chi connectivity index (χ3n) is 2.06. The molecule has 96 valence electrons. The van der Waals surface area contributed by atoms with Gasteiger partial charge in [0.25, 0.3) is 0 Å². The van der Waals surface area contributed by atoms with E-state index >= 15 is 0 Å². The number of benzene rings is 1. The smallest absolute Gasteiger partial charge is 0.232 e. The van der Waals surface area contributed by atoms with Crippen LogP contribution in [-0.4, -0.2) is 20.7 Å². The van der Waals surface area contributed by atoms with E-state index in [1.165, 1.54) is 0 Å². The van der Waals surface area contributed by atoms with Gasteiger partial charge in [-0.15, -0.1) is 0 Å². The van der Waals surface area contributed by atoms with Crippen molar-refractivity contribution < 1.29 is 8.42 Å². The number of unbranched alkanes of at least 4 members (excludes halogenated alkanes) is 1. The van der Waals surface area contributed by atoms with Crippen molar-refractivity contribution in [3.63, 3.8) is 0 Å². The Hall–Kier alpha value is -0.300. The van der Waals surface area contributed by atoms with Gasteiger partial charge in [0.15, 0.2) is 0 Å². The van der Waals surface area contributed by atoms with Gasteiger partial charge in [0, 0.05) is 9.50 Å². The Morgan fingerprint density at radius 3 is 2.71 bits per heavy atom. The van der Waals surface area contributed by atoms with Crippen molar-refractivity contribution in [2.45, 2.75) is 12.8 Å². The number of halogens is 2. The van der Waals surface area contributed by atoms with Gasteiger partial charge in [0.2, 0.25) is 10.0 Å². The van der Waals surface area contributed by atoms with E-state index in [-0.39, 0.29) is 5.75 Å². The molecule has 0 aromatic heterocycles. The summed E-state index contributed by atoms with van der Waals surface area (Å²) in [7, 11) is -3.34. The van der Waals surface area contributed by atoms with E-state index in [1.54, 1.807) is 18.2 Å². The quantitative estimate of drug-likeness (QED) is 0.781. The number of hydrogen-bond donors (Lipinski definition) is 2. The lowest BCUT2D eigenvalue weighted by atomic mass is 10.3. The number of rotatable bonds is 6. The molecule has 0 amide bonds. The Balaban J connectivity index is 2.72. The average molecular weight is 342 g/mol. The van der Waals surface area contributed by atoms with Crippen LogP contribution in [0.5, 0.6) is 0 Å². The number of nitrogens with one attached hydrogen (secondary N) is 1. The molecule has 1 rings (SSSR count). The Morgan fingerprint density at radius 1 is 1.35 bits per heavy atom. The predicted molar refractivity (Wildman–Crippen MR) is 74.8 cm³/mol. The molecule has 4 nitrogen and oxygen atoms in total. The van der Waals surface area contributed by atoms with Gasteiger partial charge in [-0.05, 0) is 53.5 Å². The lowest BCUT2D eigenvalue weighted by Gasteiger charge is -2.09. The van der Waals surface area contributed by atoms with Gasteiger partial charge < -0.3 is 5.73 Å². The normalized spacial score (nSPS) is 11.5. The first kappa shape index (κ1) is 14.8. The molecule has 0 atom stereocenters. The number of sulfonamides is 1. The highest BCUT2D eigenvalue weighted by Gasteiger charge is 2.12. The van der Waals surface area contributed by atoms with E-state index in [2.05, 4.69) is 20.7 Å². The summed E-state index contributed by atoms with van der Waals surface area (Å²) in [6.45, 7) is 0.496. The molecule has 3 N–H and O–H groups in total. The van der Waals surface area contributed by atoms with Gasteiger partial charge >= 0.3 is 0 Å². The van der Waals surface area contributed by atoms with Crippen LogP contribution in [0.25, 0.3) is 0 Å². The topological polar surface area (TPSA) is 72.2 Å². The monoisotopic (exact) mass is 340 g/mol. The number of anilines is 1. The summed E-state index contributed by atoms with van der Waals surface area (Å²) in [5, 5.41) is 0.479. The summed E-state index contributed by atoms with van der Waals surface area (Å²) >= 11 is 9.06. The van der Waals surface area contributed by atoms with Crippen LogP contribution in [0.2, 0.25) is 5.02 Å². The van der Waals surface area contributed by atoms with Gasteiger partial charge in [-0.3, -0.25) is 4.72 Å². The van der Waals surface area contributed by atoms with Crippen LogP contribution >= 0.6 is 27.5 Å². The molecule has 0 saturated carbocycles.